The topological polar surface area (TPSA) is 74.6 Å². The Kier molecular flexibility index (Phi) is 4.32. The van der Waals surface area contributed by atoms with E-state index in [9.17, 15) is 19.8 Å². The first-order valence-corrected chi connectivity index (χ1v) is 7.23. The van der Waals surface area contributed by atoms with E-state index in [0.29, 0.717) is 6.42 Å². The van der Waals surface area contributed by atoms with Gasteiger partial charge in [0, 0.05) is 15.5 Å². The Morgan fingerprint density at radius 3 is 2.38 bits per heavy atom. The van der Waals surface area contributed by atoms with Crippen LogP contribution in [-0.4, -0.2) is 22.2 Å². The van der Waals surface area contributed by atoms with Gasteiger partial charge in [-0.3, -0.25) is 4.79 Å². The maximum Gasteiger partial charge on any atom is 0.332 e. The van der Waals surface area contributed by atoms with Gasteiger partial charge in [0.2, 0.25) is 0 Å². The third kappa shape index (κ3) is 3.08. The summed E-state index contributed by atoms with van der Waals surface area (Å²) in [5, 5.41) is 18.8. The van der Waals surface area contributed by atoms with Gasteiger partial charge >= 0.3 is 11.9 Å². The van der Waals surface area contributed by atoms with Crippen LogP contribution in [0.15, 0.2) is 52.5 Å². The zero-order chi connectivity index (χ0) is 15.6. The molecule has 0 amide bonds. The lowest BCUT2D eigenvalue weighted by Crippen LogP contribution is -2.39. The van der Waals surface area contributed by atoms with Crippen LogP contribution in [0.2, 0.25) is 0 Å². The van der Waals surface area contributed by atoms with Crippen molar-refractivity contribution in [2.75, 3.05) is 0 Å². The number of carboxylic acids is 2. The maximum absolute atomic E-state index is 11.5. The van der Waals surface area contributed by atoms with Gasteiger partial charge in [-0.2, -0.15) is 0 Å². The second kappa shape index (κ2) is 5.85. The molecule has 4 nitrogen and oxygen atoms in total. The largest absolute Gasteiger partial charge is 0.481 e. The van der Waals surface area contributed by atoms with Crippen molar-refractivity contribution in [3.8, 4) is 0 Å². The van der Waals surface area contributed by atoms with Gasteiger partial charge in [0.1, 0.15) is 0 Å². The standard InChI is InChI=1S/C16H15BrO4/c1-16(9-10-5-7-11(17)8-6-10)12(14(18)19)3-2-4-13(16)15(20)21/h2-8,12H,9H2,1H3,(H,18,19)(H,20,21). The second-order valence-corrected chi connectivity index (χ2v) is 6.22. The number of halogens is 1. The first kappa shape index (κ1) is 15.5. The van der Waals surface area contributed by atoms with Crippen LogP contribution in [0.3, 0.4) is 0 Å². The number of allylic oxidation sites excluding steroid dienone is 2. The second-order valence-electron chi connectivity index (χ2n) is 5.31. The highest BCUT2D eigenvalue weighted by Gasteiger charge is 2.44. The smallest absolute Gasteiger partial charge is 0.332 e. The van der Waals surface area contributed by atoms with Crippen LogP contribution >= 0.6 is 15.9 Å². The van der Waals surface area contributed by atoms with Crippen molar-refractivity contribution in [3.05, 3.63) is 58.1 Å². The van der Waals surface area contributed by atoms with Crippen LogP contribution in [-0.2, 0) is 16.0 Å². The zero-order valence-corrected chi connectivity index (χ0v) is 13.0. The van der Waals surface area contributed by atoms with Crippen molar-refractivity contribution in [3.63, 3.8) is 0 Å². The molecule has 0 aromatic heterocycles. The third-order valence-electron chi connectivity index (χ3n) is 3.85. The van der Waals surface area contributed by atoms with E-state index in [-0.39, 0.29) is 5.57 Å². The normalized spacial score (nSPS) is 24.5. The SMILES string of the molecule is CC1(Cc2ccc(Br)cc2)C(C(=O)O)=CC=CC1C(=O)O. The van der Waals surface area contributed by atoms with E-state index < -0.39 is 23.3 Å². The fourth-order valence-corrected chi connectivity index (χ4v) is 3.00. The molecule has 1 aliphatic carbocycles. The molecule has 0 spiro atoms. The summed E-state index contributed by atoms with van der Waals surface area (Å²) in [7, 11) is 0. The summed E-state index contributed by atoms with van der Waals surface area (Å²) in [5.74, 6) is -2.96. The van der Waals surface area contributed by atoms with Crippen LogP contribution in [0, 0.1) is 11.3 Å². The number of rotatable bonds is 4. The van der Waals surface area contributed by atoms with Crippen molar-refractivity contribution >= 4 is 27.9 Å². The van der Waals surface area contributed by atoms with Gasteiger partial charge in [-0.25, -0.2) is 4.79 Å². The summed E-state index contributed by atoms with van der Waals surface area (Å²) in [6.45, 7) is 1.69. The van der Waals surface area contributed by atoms with E-state index in [1.165, 1.54) is 12.2 Å². The van der Waals surface area contributed by atoms with Crippen molar-refractivity contribution in [1.82, 2.24) is 0 Å². The first-order chi connectivity index (χ1) is 9.84. The molecule has 0 bridgehead atoms. The molecule has 2 rings (SSSR count). The van der Waals surface area contributed by atoms with E-state index in [1.54, 1.807) is 13.0 Å². The maximum atomic E-state index is 11.5. The first-order valence-electron chi connectivity index (χ1n) is 6.44. The van der Waals surface area contributed by atoms with E-state index in [2.05, 4.69) is 15.9 Å². The number of carboxylic acid groups (broad SMARTS) is 2. The van der Waals surface area contributed by atoms with Gasteiger partial charge in [-0.1, -0.05) is 53.2 Å². The molecule has 5 heteroatoms. The summed E-state index contributed by atoms with van der Waals surface area (Å²) >= 11 is 3.34. The number of carbonyl (C=O) groups is 2. The molecule has 0 aliphatic heterocycles. The number of benzene rings is 1. The average molecular weight is 351 g/mol. The van der Waals surface area contributed by atoms with Crippen LogP contribution < -0.4 is 0 Å². The van der Waals surface area contributed by atoms with Gasteiger partial charge in [0.25, 0.3) is 0 Å². The van der Waals surface area contributed by atoms with E-state index in [0.717, 1.165) is 10.0 Å². The summed E-state index contributed by atoms with van der Waals surface area (Å²) in [6.07, 6.45) is 4.89. The van der Waals surface area contributed by atoms with Crippen LogP contribution in [0.4, 0.5) is 0 Å². The van der Waals surface area contributed by atoms with E-state index in [1.807, 2.05) is 24.3 Å². The van der Waals surface area contributed by atoms with Gasteiger partial charge in [0.15, 0.2) is 0 Å². The predicted octanol–water partition coefficient (Wildman–Crippen LogP) is 3.28. The molecule has 1 aromatic rings. The highest BCUT2D eigenvalue weighted by atomic mass is 79.9. The van der Waals surface area contributed by atoms with Crippen LogP contribution in [0.5, 0.6) is 0 Å². The Morgan fingerprint density at radius 2 is 1.86 bits per heavy atom. The fourth-order valence-electron chi connectivity index (χ4n) is 2.74. The summed E-state index contributed by atoms with van der Waals surface area (Å²) < 4.78 is 0.920. The minimum absolute atomic E-state index is 0.125. The van der Waals surface area contributed by atoms with E-state index in [4.69, 9.17) is 0 Å². The Balaban J connectivity index is 2.43. The Labute approximate surface area is 130 Å². The highest BCUT2D eigenvalue weighted by Crippen LogP contribution is 2.42. The van der Waals surface area contributed by atoms with Gasteiger partial charge in [-0.15, -0.1) is 0 Å². The molecule has 0 saturated carbocycles. The molecule has 21 heavy (non-hydrogen) atoms. The number of hydrogen-bond donors (Lipinski definition) is 2. The summed E-state index contributed by atoms with van der Waals surface area (Å²) in [6, 6.07) is 7.45. The minimum atomic E-state index is -1.08. The molecule has 0 saturated heterocycles. The van der Waals surface area contributed by atoms with Crippen molar-refractivity contribution in [2.24, 2.45) is 11.3 Å². The Hall–Kier alpha value is -1.88. The molecule has 2 N–H and O–H groups in total. The average Bonchev–Trinajstić information content (AvgIpc) is 2.40. The lowest BCUT2D eigenvalue weighted by atomic mass is 9.65. The van der Waals surface area contributed by atoms with Crippen LogP contribution in [0.25, 0.3) is 0 Å². The minimum Gasteiger partial charge on any atom is -0.481 e. The predicted molar refractivity (Wildman–Crippen MR) is 81.9 cm³/mol. The quantitative estimate of drug-likeness (QED) is 0.873. The Bertz CT molecular complexity index is 630. The molecule has 2 atom stereocenters. The number of aliphatic carboxylic acids is 2. The summed E-state index contributed by atoms with van der Waals surface area (Å²) in [5.41, 5.74) is 0.0370. The third-order valence-corrected chi connectivity index (χ3v) is 4.38. The van der Waals surface area contributed by atoms with Crippen LogP contribution in [0.1, 0.15) is 12.5 Å². The molecule has 2 unspecified atom stereocenters. The van der Waals surface area contributed by atoms with Crippen molar-refractivity contribution in [2.45, 2.75) is 13.3 Å². The lowest BCUT2D eigenvalue weighted by Gasteiger charge is -2.36. The van der Waals surface area contributed by atoms with Crippen molar-refractivity contribution in [1.29, 1.82) is 0 Å². The molecular weight excluding hydrogens is 336 g/mol. The highest BCUT2D eigenvalue weighted by molar-refractivity contribution is 9.10. The molecule has 0 fully saturated rings. The summed E-state index contributed by atoms with van der Waals surface area (Å²) in [4.78, 5) is 23.0. The monoisotopic (exact) mass is 350 g/mol. The van der Waals surface area contributed by atoms with Crippen molar-refractivity contribution < 1.29 is 19.8 Å². The van der Waals surface area contributed by atoms with Gasteiger partial charge in [0.05, 0.1) is 5.92 Å². The number of hydrogen-bond acceptors (Lipinski definition) is 2. The van der Waals surface area contributed by atoms with E-state index >= 15 is 0 Å². The Morgan fingerprint density at radius 1 is 1.24 bits per heavy atom. The molecule has 110 valence electrons. The zero-order valence-electron chi connectivity index (χ0n) is 11.4. The fraction of sp³-hybridized carbons (Fsp3) is 0.250. The van der Waals surface area contributed by atoms with Gasteiger partial charge in [-0.05, 0) is 24.1 Å². The molecule has 1 aliphatic rings. The lowest BCUT2D eigenvalue weighted by molar-refractivity contribution is -0.144. The molecule has 0 radical (unpaired) electrons. The molecule has 0 heterocycles. The van der Waals surface area contributed by atoms with Gasteiger partial charge < -0.3 is 10.2 Å². The molecular formula is C16H15BrO4. The molecule has 1 aromatic carbocycles.